The van der Waals surface area contributed by atoms with E-state index in [-0.39, 0.29) is 22.2 Å². The van der Waals surface area contributed by atoms with Crippen molar-refractivity contribution in [1.29, 1.82) is 0 Å². The SMILES string of the molecule is NC(=O)Oc1c(Cl)ncnc1-c1cc(F)ccc1F. The zero-order chi connectivity index (χ0) is 14.0. The number of aromatic nitrogens is 2. The van der Waals surface area contributed by atoms with Crippen LogP contribution in [0.1, 0.15) is 0 Å². The number of primary amides is 1. The fraction of sp³-hybridized carbons (Fsp3) is 0. The molecule has 0 aliphatic rings. The van der Waals surface area contributed by atoms with Crippen molar-refractivity contribution in [1.82, 2.24) is 9.97 Å². The van der Waals surface area contributed by atoms with E-state index in [2.05, 4.69) is 14.7 Å². The van der Waals surface area contributed by atoms with Gasteiger partial charge in [0.2, 0.25) is 0 Å². The van der Waals surface area contributed by atoms with Crippen LogP contribution in [0.3, 0.4) is 0 Å². The first-order valence-corrected chi connectivity index (χ1v) is 5.30. The topological polar surface area (TPSA) is 78.1 Å². The third-order valence-corrected chi connectivity index (χ3v) is 2.42. The normalized spacial score (nSPS) is 10.3. The average molecular weight is 286 g/mol. The second-order valence-corrected chi connectivity index (χ2v) is 3.75. The van der Waals surface area contributed by atoms with Crippen LogP contribution in [0.25, 0.3) is 11.3 Å². The Hall–Kier alpha value is -2.28. The zero-order valence-corrected chi connectivity index (χ0v) is 9.99. The van der Waals surface area contributed by atoms with Crippen LogP contribution in [0.15, 0.2) is 24.5 Å². The van der Waals surface area contributed by atoms with Crippen molar-refractivity contribution < 1.29 is 18.3 Å². The maximum absolute atomic E-state index is 13.7. The van der Waals surface area contributed by atoms with Crippen LogP contribution in [0.2, 0.25) is 5.15 Å². The van der Waals surface area contributed by atoms with Gasteiger partial charge in [0.15, 0.2) is 10.9 Å². The minimum atomic E-state index is -1.17. The fourth-order valence-electron chi connectivity index (χ4n) is 1.41. The Labute approximate surface area is 111 Å². The Morgan fingerprint density at radius 1 is 1.32 bits per heavy atom. The van der Waals surface area contributed by atoms with E-state index in [9.17, 15) is 13.6 Å². The molecule has 8 heteroatoms. The van der Waals surface area contributed by atoms with Crippen LogP contribution in [-0.4, -0.2) is 16.1 Å². The van der Waals surface area contributed by atoms with Gasteiger partial charge < -0.3 is 10.5 Å². The highest BCUT2D eigenvalue weighted by molar-refractivity contribution is 6.31. The first-order valence-electron chi connectivity index (χ1n) is 4.92. The molecule has 0 radical (unpaired) electrons. The van der Waals surface area contributed by atoms with Crippen LogP contribution >= 0.6 is 11.6 Å². The lowest BCUT2D eigenvalue weighted by Gasteiger charge is -2.09. The molecule has 1 aromatic heterocycles. The molecule has 0 saturated heterocycles. The van der Waals surface area contributed by atoms with Gasteiger partial charge in [-0.05, 0) is 18.2 Å². The van der Waals surface area contributed by atoms with Crippen molar-refractivity contribution in [3.63, 3.8) is 0 Å². The van der Waals surface area contributed by atoms with Gasteiger partial charge in [-0.25, -0.2) is 23.5 Å². The van der Waals surface area contributed by atoms with Crippen LogP contribution in [0.4, 0.5) is 13.6 Å². The van der Waals surface area contributed by atoms with Crippen molar-refractivity contribution in [2.45, 2.75) is 0 Å². The van der Waals surface area contributed by atoms with Gasteiger partial charge in [0.1, 0.15) is 23.7 Å². The van der Waals surface area contributed by atoms with Crippen molar-refractivity contribution in [2.75, 3.05) is 0 Å². The number of halogens is 3. The molecule has 0 saturated carbocycles. The van der Waals surface area contributed by atoms with Gasteiger partial charge in [0, 0.05) is 5.56 Å². The number of rotatable bonds is 2. The van der Waals surface area contributed by atoms with E-state index in [1.807, 2.05) is 0 Å². The zero-order valence-electron chi connectivity index (χ0n) is 9.23. The summed E-state index contributed by atoms with van der Waals surface area (Å²) in [6.07, 6.45) is -0.148. The van der Waals surface area contributed by atoms with Crippen LogP contribution < -0.4 is 10.5 Å². The number of carbonyl (C=O) groups excluding carboxylic acids is 1. The van der Waals surface area contributed by atoms with Gasteiger partial charge in [0.05, 0.1) is 0 Å². The molecule has 2 N–H and O–H groups in total. The molecule has 0 aliphatic carbocycles. The summed E-state index contributed by atoms with van der Waals surface area (Å²) >= 11 is 5.72. The van der Waals surface area contributed by atoms with Gasteiger partial charge >= 0.3 is 6.09 Å². The third-order valence-electron chi connectivity index (χ3n) is 2.15. The maximum Gasteiger partial charge on any atom is 0.410 e. The lowest BCUT2D eigenvalue weighted by atomic mass is 10.1. The summed E-state index contributed by atoms with van der Waals surface area (Å²) in [5, 5.41) is -0.243. The number of nitrogens with two attached hydrogens (primary N) is 1. The predicted molar refractivity (Wildman–Crippen MR) is 62.6 cm³/mol. The summed E-state index contributed by atoms with van der Waals surface area (Å²) < 4.78 is 31.4. The summed E-state index contributed by atoms with van der Waals surface area (Å²) in [4.78, 5) is 18.1. The molecule has 0 bridgehead atoms. The third kappa shape index (κ3) is 2.76. The van der Waals surface area contributed by atoms with Crippen LogP contribution in [0.5, 0.6) is 5.75 Å². The fourth-order valence-corrected chi connectivity index (χ4v) is 1.59. The smallest absolute Gasteiger partial charge is 0.405 e. The monoisotopic (exact) mass is 285 g/mol. The molecule has 98 valence electrons. The van der Waals surface area contributed by atoms with Crippen LogP contribution in [-0.2, 0) is 0 Å². The van der Waals surface area contributed by atoms with E-state index >= 15 is 0 Å². The molecule has 0 aliphatic heterocycles. The molecule has 1 aromatic carbocycles. The van der Waals surface area contributed by atoms with Gasteiger partial charge in [-0.3, -0.25) is 0 Å². The van der Waals surface area contributed by atoms with E-state index < -0.39 is 17.7 Å². The Morgan fingerprint density at radius 2 is 2.05 bits per heavy atom. The lowest BCUT2D eigenvalue weighted by Crippen LogP contribution is -2.17. The number of hydrogen-bond donors (Lipinski definition) is 1. The van der Waals surface area contributed by atoms with E-state index in [1.54, 1.807) is 0 Å². The first kappa shape index (κ1) is 13.2. The largest absolute Gasteiger partial charge is 0.410 e. The van der Waals surface area contributed by atoms with E-state index in [4.69, 9.17) is 17.3 Å². The predicted octanol–water partition coefficient (Wildman–Crippen LogP) is 2.53. The second kappa shape index (κ2) is 5.15. The van der Waals surface area contributed by atoms with E-state index in [1.165, 1.54) is 0 Å². The minimum Gasteiger partial charge on any atom is -0.405 e. The van der Waals surface area contributed by atoms with Gasteiger partial charge in [-0.2, -0.15) is 0 Å². The molecule has 1 amide bonds. The van der Waals surface area contributed by atoms with E-state index in [0.29, 0.717) is 0 Å². The van der Waals surface area contributed by atoms with E-state index in [0.717, 1.165) is 24.5 Å². The average Bonchev–Trinajstić information content (AvgIpc) is 2.34. The summed E-state index contributed by atoms with van der Waals surface area (Å²) in [5.41, 5.74) is 4.47. The molecule has 5 nitrogen and oxygen atoms in total. The number of benzene rings is 1. The molecule has 19 heavy (non-hydrogen) atoms. The number of nitrogens with zero attached hydrogens (tertiary/aromatic N) is 2. The van der Waals surface area contributed by atoms with Gasteiger partial charge in [0.25, 0.3) is 0 Å². The van der Waals surface area contributed by atoms with Crippen molar-refractivity contribution >= 4 is 17.7 Å². The highest BCUT2D eigenvalue weighted by atomic mass is 35.5. The standard InChI is InChI=1S/C11H6ClF2N3O2/c12-10-9(19-11(15)18)8(16-4-17-10)6-3-5(13)1-2-7(6)14/h1-4H,(H2,15,18). The molecule has 0 fully saturated rings. The van der Waals surface area contributed by atoms with Crippen molar-refractivity contribution in [3.8, 4) is 17.0 Å². The van der Waals surface area contributed by atoms with Gasteiger partial charge in [-0.15, -0.1) is 0 Å². The molecular formula is C11H6ClF2N3O2. The second-order valence-electron chi connectivity index (χ2n) is 3.39. The summed E-state index contributed by atoms with van der Waals surface area (Å²) in [6, 6.07) is 2.74. The molecule has 0 unspecified atom stereocenters. The molecule has 2 aromatic rings. The van der Waals surface area contributed by atoms with Crippen molar-refractivity contribution in [3.05, 3.63) is 41.3 Å². The minimum absolute atomic E-state index is 0.171. The molecule has 0 atom stereocenters. The Balaban J connectivity index is 2.64. The first-order chi connectivity index (χ1) is 8.99. The van der Waals surface area contributed by atoms with Crippen LogP contribution in [0, 0.1) is 11.6 Å². The Kier molecular flexibility index (Phi) is 3.57. The summed E-state index contributed by atoms with van der Waals surface area (Å²) in [5.74, 6) is -1.78. The quantitative estimate of drug-likeness (QED) is 0.860. The number of carbonyl (C=O) groups is 1. The number of ether oxygens (including phenoxy) is 1. The Bertz CT molecular complexity index is 652. The summed E-state index contributed by atoms with van der Waals surface area (Å²) in [6.45, 7) is 0. The van der Waals surface area contributed by atoms with Crippen molar-refractivity contribution in [2.24, 2.45) is 5.73 Å². The highest BCUT2D eigenvalue weighted by Crippen LogP contribution is 2.34. The Morgan fingerprint density at radius 3 is 2.74 bits per heavy atom. The number of hydrogen-bond acceptors (Lipinski definition) is 4. The molecule has 2 rings (SSSR count). The van der Waals surface area contributed by atoms with Gasteiger partial charge in [-0.1, -0.05) is 11.6 Å². The molecular weight excluding hydrogens is 280 g/mol. The summed E-state index contributed by atoms with van der Waals surface area (Å²) in [7, 11) is 0. The maximum atomic E-state index is 13.7. The number of amides is 1. The molecule has 1 heterocycles. The highest BCUT2D eigenvalue weighted by Gasteiger charge is 2.19. The lowest BCUT2D eigenvalue weighted by molar-refractivity contribution is 0.210. The molecule has 0 spiro atoms.